The standard InChI is InChI=1S/C10H14OS/c1-8(12)10-5-3-9(4-6-10)7-11-2/h3-6,8,12H,7H2,1-2H3. The summed E-state index contributed by atoms with van der Waals surface area (Å²) in [6, 6.07) is 8.33. The van der Waals surface area contributed by atoms with E-state index in [-0.39, 0.29) is 0 Å². The summed E-state index contributed by atoms with van der Waals surface area (Å²) in [7, 11) is 1.70. The minimum absolute atomic E-state index is 0.307. The van der Waals surface area contributed by atoms with Crippen LogP contribution in [0.2, 0.25) is 0 Å². The third-order valence-corrected chi connectivity index (χ3v) is 2.07. The molecule has 0 aliphatic rings. The molecule has 0 aliphatic carbocycles. The minimum Gasteiger partial charge on any atom is -0.380 e. The predicted molar refractivity (Wildman–Crippen MR) is 54.6 cm³/mol. The maximum atomic E-state index is 5.01. The maximum Gasteiger partial charge on any atom is 0.0713 e. The molecule has 0 saturated carbocycles. The molecule has 1 unspecified atom stereocenters. The monoisotopic (exact) mass is 182 g/mol. The Kier molecular flexibility index (Phi) is 3.63. The van der Waals surface area contributed by atoms with Crippen molar-refractivity contribution < 1.29 is 4.74 Å². The molecule has 0 radical (unpaired) electrons. The Morgan fingerprint density at radius 3 is 2.33 bits per heavy atom. The van der Waals surface area contributed by atoms with E-state index in [1.54, 1.807) is 7.11 Å². The Morgan fingerprint density at radius 1 is 1.33 bits per heavy atom. The van der Waals surface area contributed by atoms with Gasteiger partial charge in [0.25, 0.3) is 0 Å². The largest absolute Gasteiger partial charge is 0.380 e. The zero-order chi connectivity index (χ0) is 8.97. The normalized spacial score (nSPS) is 12.9. The number of rotatable bonds is 3. The summed E-state index contributed by atoms with van der Waals surface area (Å²) in [6.07, 6.45) is 0. The molecule has 1 nitrogen and oxygen atoms in total. The van der Waals surface area contributed by atoms with Crippen LogP contribution < -0.4 is 0 Å². The van der Waals surface area contributed by atoms with E-state index in [4.69, 9.17) is 4.74 Å². The smallest absolute Gasteiger partial charge is 0.0713 e. The fourth-order valence-electron chi connectivity index (χ4n) is 1.06. The number of thiol groups is 1. The van der Waals surface area contributed by atoms with Gasteiger partial charge >= 0.3 is 0 Å². The number of benzene rings is 1. The van der Waals surface area contributed by atoms with Crippen LogP contribution in [-0.4, -0.2) is 7.11 Å². The Morgan fingerprint density at radius 2 is 1.92 bits per heavy atom. The SMILES string of the molecule is COCc1ccc(C(C)S)cc1. The summed E-state index contributed by atoms with van der Waals surface area (Å²) >= 11 is 4.34. The molecule has 0 fully saturated rings. The lowest BCUT2D eigenvalue weighted by molar-refractivity contribution is 0.185. The Hall–Kier alpha value is -0.470. The van der Waals surface area contributed by atoms with E-state index in [0.717, 1.165) is 0 Å². The van der Waals surface area contributed by atoms with Crippen LogP contribution in [0, 0.1) is 0 Å². The third kappa shape index (κ3) is 2.54. The molecule has 2 heteroatoms. The molecule has 0 amide bonds. The summed E-state index contributed by atoms with van der Waals surface area (Å²) in [5.74, 6) is 0. The summed E-state index contributed by atoms with van der Waals surface area (Å²) in [5, 5.41) is 0.307. The fourth-order valence-corrected chi connectivity index (χ4v) is 1.23. The van der Waals surface area contributed by atoms with Crippen LogP contribution in [0.1, 0.15) is 23.3 Å². The van der Waals surface area contributed by atoms with E-state index in [2.05, 4.69) is 43.8 Å². The van der Waals surface area contributed by atoms with Crippen molar-refractivity contribution in [1.29, 1.82) is 0 Å². The lowest BCUT2D eigenvalue weighted by atomic mass is 10.1. The van der Waals surface area contributed by atoms with Crippen molar-refractivity contribution in [3.05, 3.63) is 35.4 Å². The predicted octanol–water partition coefficient (Wildman–Crippen LogP) is 2.82. The van der Waals surface area contributed by atoms with Gasteiger partial charge in [0.2, 0.25) is 0 Å². The van der Waals surface area contributed by atoms with Crippen LogP contribution in [0.4, 0.5) is 0 Å². The Balaban J connectivity index is 2.71. The first-order valence-corrected chi connectivity index (χ1v) is 4.51. The maximum absolute atomic E-state index is 5.01. The van der Waals surface area contributed by atoms with E-state index in [0.29, 0.717) is 11.9 Å². The average Bonchev–Trinajstić information content (AvgIpc) is 2.06. The zero-order valence-corrected chi connectivity index (χ0v) is 8.34. The lowest BCUT2D eigenvalue weighted by Gasteiger charge is -2.05. The first-order chi connectivity index (χ1) is 5.74. The van der Waals surface area contributed by atoms with Gasteiger partial charge in [-0.25, -0.2) is 0 Å². The van der Waals surface area contributed by atoms with Crippen molar-refractivity contribution in [2.75, 3.05) is 7.11 Å². The van der Waals surface area contributed by atoms with Crippen molar-refractivity contribution in [3.63, 3.8) is 0 Å². The number of hydrogen-bond acceptors (Lipinski definition) is 2. The number of ether oxygens (including phenoxy) is 1. The quantitative estimate of drug-likeness (QED) is 0.707. The lowest BCUT2D eigenvalue weighted by Crippen LogP contribution is -1.89. The van der Waals surface area contributed by atoms with Gasteiger partial charge in [0.1, 0.15) is 0 Å². The van der Waals surface area contributed by atoms with Gasteiger partial charge in [-0.05, 0) is 18.1 Å². The van der Waals surface area contributed by atoms with Crippen molar-refractivity contribution in [2.45, 2.75) is 18.8 Å². The molecule has 0 heterocycles. The van der Waals surface area contributed by atoms with Crippen LogP contribution in [0.3, 0.4) is 0 Å². The third-order valence-electron chi connectivity index (χ3n) is 1.77. The van der Waals surface area contributed by atoms with E-state index in [9.17, 15) is 0 Å². The van der Waals surface area contributed by atoms with Crippen molar-refractivity contribution >= 4 is 12.6 Å². The van der Waals surface area contributed by atoms with Crippen LogP contribution in [0.15, 0.2) is 24.3 Å². The van der Waals surface area contributed by atoms with Crippen molar-refractivity contribution in [1.82, 2.24) is 0 Å². The number of hydrogen-bond donors (Lipinski definition) is 1. The van der Waals surface area contributed by atoms with Gasteiger partial charge in [0.15, 0.2) is 0 Å². The van der Waals surface area contributed by atoms with Crippen LogP contribution in [0.5, 0.6) is 0 Å². The van der Waals surface area contributed by atoms with Gasteiger partial charge in [0.05, 0.1) is 6.61 Å². The highest BCUT2D eigenvalue weighted by Crippen LogP contribution is 2.18. The average molecular weight is 182 g/mol. The first kappa shape index (κ1) is 9.62. The van der Waals surface area contributed by atoms with E-state index >= 15 is 0 Å². The highest BCUT2D eigenvalue weighted by Gasteiger charge is 1.98. The second kappa shape index (κ2) is 4.53. The second-order valence-corrected chi connectivity index (χ2v) is 3.63. The zero-order valence-electron chi connectivity index (χ0n) is 7.45. The van der Waals surface area contributed by atoms with Crippen LogP contribution in [0.25, 0.3) is 0 Å². The van der Waals surface area contributed by atoms with E-state index < -0.39 is 0 Å². The van der Waals surface area contributed by atoms with Crippen LogP contribution in [-0.2, 0) is 11.3 Å². The summed E-state index contributed by atoms with van der Waals surface area (Å²) in [5.41, 5.74) is 2.45. The topological polar surface area (TPSA) is 9.23 Å². The summed E-state index contributed by atoms with van der Waals surface area (Å²) in [4.78, 5) is 0. The molecule has 0 N–H and O–H groups in total. The van der Waals surface area contributed by atoms with Crippen molar-refractivity contribution in [3.8, 4) is 0 Å². The van der Waals surface area contributed by atoms with Crippen LogP contribution >= 0.6 is 12.6 Å². The van der Waals surface area contributed by atoms with Gasteiger partial charge in [-0.3, -0.25) is 0 Å². The fraction of sp³-hybridized carbons (Fsp3) is 0.400. The minimum atomic E-state index is 0.307. The molecule has 66 valence electrons. The molecule has 0 spiro atoms. The second-order valence-electron chi connectivity index (χ2n) is 2.85. The molecule has 1 aromatic rings. The molecule has 1 rings (SSSR count). The molecule has 0 aliphatic heterocycles. The Bertz CT molecular complexity index is 228. The molecule has 1 aromatic carbocycles. The van der Waals surface area contributed by atoms with E-state index in [1.165, 1.54) is 11.1 Å². The highest BCUT2D eigenvalue weighted by molar-refractivity contribution is 7.80. The molecule has 12 heavy (non-hydrogen) atoms. The summed E-state index contributed by atoms with van der Waals surface area (Å²) < 4.78 is 5.01. The van der Waals surface area contributed by atoms with Gasteiger partial charge in [-0.2, -0.15) is 12.6 Å². The molecule has 0 aromatic heterocycles. The van der Waals surface area contributed by atoms with Gasteiger partial charge < -0.3 is 4.74 Å². The van der Waals surface area contributed by atoms with E-state index in [1.807, 2.05) is 0 Å². The summed E-state index contributed by atoms with van der Waals surface area (Å²) in [6.45, 7) is 2.75. The molecular weight excluding hydrogens is 168 g/mol. The molecular formula is C10H14OS. The van der Waals surface area contributed by atoms with Gasteiger partial charge in [-0.15, -0.1) is 0 Å². The molecule has 0 bridgehead atoms. The molecule has 0 saturated heterocycles. The first-order valence-electron chi connectivity index (χ1n) is 4.00. The van der Waals surface area contributed by atoms with Gasteiger partial charge in [-0.1, -0.05) is 24.3 Å². The molecule has 1 atom stereocenters. The number of methoxy groups -OCH3 is 1. The van der Waals surface area contributed by atoms with Gasteiger partial charge in [0, 0.05) is 12.4 Å². The Labute approximate surface area is 79.2 Å². The highest BCUT2D eigenvalue weighted by atomic mass is 32.1. The van der Waals surface area contributed by atoms with Crippen molar-refractivity contribution in [2.24, 2.45) is 0 Å².